The van der Waals surface area contributed by atoms with Gasteiger partial charge in [0.2, 0.25) is 5.91 Å². The molecule has 0 unspecified atom stereocenters. The molecule has 1 aliphatic rings. The lowest BCUT2D eigenvalue weighted by molar-refractivity contribution is -0.135. The number of nitrogens with zero attached hydrogens (tertiary/aromatic N) is 1. The van der Waals surface area contributed by atoms with Gasteiger partial charge < -0.3 is 9.64 Å². The van der Waals surface area contributed by atoms with Gasteiger partial charge in [-0.25, -0.2) is 0 Å². The van der Waals surface area contributed by atoms with Crippen LogP contribution < -0.4 is 0 Å². The van der Waals surface area contributed by atoms with E-state index in [-0.39, 0.29) is 5.91 Å². The number of rotatable bonds is 2. The molecule has 0 N–H and O–H groups in total. The maximum absolute atomic E-state index is 11.2. The quantitative estimate of drug-likeness (QED) is 0.581. The van der Waals surface area contributed by atoms with Crippen molar-refractivity contribution in [1.82, 2.24) is 4.90 Å². The summed E-state index contributed by atoms with van der Waals surface area (Å²) in [5.74, 6) is 0.211. The molecular formula is C8H14NO2. The predicted octanol–water partition coefficient (Wildman–Crippen LogP) is 0.459. The van der Waals surface area contributed by atoms with E-state index >= 15 is 0 Å². The van der Waals surface area contributed by atoms with Crippen LogP contribution in [-0.4, -0.2) is 37.1 Å². The van der Waals surface area contributed by atoms with Gasteiger partial charge in [-0.15, -0.1) is 0 Å². The van der Waals surface area contributed by atoms with Crippen LogP contribution in [0.25, 0.3) is 0 Å². The fraction of sp³-hybridized carbons (Fsp3) is 0.750. The molecule has 1 fully saturated rings. The topological polar surface area (TPSA) is 29.5 Å². The Kier molecular flexibility index (Phi) is 3.36. The van der Waals surface area contributed by atoms with Gasteiger partial charge in [-0.2, -0.15) is 0 Å². The van der Waals surface area contributed by atoms with Gasteiger partial charge in [-0.1, -0.05) is 6.92 Å². The summed E-state index contributed by atoms with van der Waals surface area (Å²) in [7, 11) is 0. The van der Waals surface area contributed by atoms with E-state index in [1.165, 1.54) is 0 Å². The van der Waals surface area contributed by atoms with Crippen LogP contribution in [0, 0.1) is 6.92 Å². The van der Waals surface area contributed by atoms with E-state index < -0.39 is 0 Å². The molecule has 0 aromatic carbocycles. The molecule has 0 bridgehead atoms. The second kappa shape index (κ2) is 4.34. The van der Waals surface area contributed by atoms with Gasteiger partial charge in [0.25, 0.3) is 0 Å². The summed E-state index contributed by atoms with van der Waals surface area (Å²) >= 11 is 0. The second-order valence-corrected chi connectivity index (χ2v) is 2.60. The first kappa shape index (κ1) is 8.53. The van der Waals surface area contributed by atoms with Crippen molar-refractivity contribution in [2.45, 2.75) is 12.8 Å². The Balaban J connectivity index is 2.27. The minimum absolute atomic E-state index is 0.211. The molecule has 1 heterocycles. The number of amides is 1. The maximum atomic E-state index is 11.2. The van der Waals surface area contributed by atoms with E-state index in [4.69, 9.17) is 4.74 Å². The third-order valence-electron chi connectivity index (χ3n) is 1.75. The van der Waals surface area contributed by atoms with Crippen molar-refractivity contribution >= 4 is 5.91 Å². The van der Waals surface area contributed by atoms with E-state index in [9.17, 15) is 4.79 Å². The Labute approximate surface area is 67.3 Å². The van der Waals surface area contributed by atoms with Gasteiger partial charge in [-0.3, -0.25) is 4.79 Å². The second-order valence-electron chi connectivity index (χ2n) is 2.60. The first-order chi connectivity index (χ1) is 5.34. The molecular weight excluding hydrogens is 142 g/mol. The predicted molar refractivity (Wildman–Crippen MR) is 42.0 cm³/mol. The summed E-state index contributed by atoms with van der Waals surface area (Å²) in [6.07, 6.45) is 1.26. The number of morpholine rings is 1. The van der Waals surface area contributed by atoms with Crippen molar-refractivity contribution < 1.29 is 9.53 Å². The SMILES string of the molecule is [CH2]CCC(=O)N1CCOCC1. The lowest BCUT2D eigenvalue weighted by Crippen LogP contribution is -2.40. The summed E-state index contributed by atoms with van der Waals surface area (Å²) in [5.41, 5.74) is 0. The highest BCUT2D eigenvalue weighted by Crippen LogP contribution is 2.00. The lowest BCUT2D eigenvalue weighted by Gasteiger charge is -2.26. The molecule has 0 aromatic rings. The van der Waals surface area contributed by atoms with Crippen LogP contribution in [-0.2, 0) is 9.53 Å². The van der Waals surface area contributed by atoms with Crippen LogP contribution in [0.2, 0.25) is 0 Å². The number of hydrogen-bond donors (Lipinski definition) is 0. The first-order valence-electron chi connectivity index (χ1n) is 3.99. The van der Waals surface area contributed by atoms with Crippen LogP contribution in [0.1, 0.15) is 12.8 Å². The molecule has 1 amide bonds. The van der Waals surface area contributed by atoms with Gasteiger partial charge in [0, 0.05) is 19.5 Å². The normalized spacial score (nSPS) is 18.5. The zero-order valence-electron chi connectivity index (χ0n) is 6.71. The third kappa shape index (κ3) is 2.50. The van der Waals surface area contributed by atoms with Crippen LogP contribution in [0.5, 0.6) is 0 Å². The standard InChI is InChI=1S/C8H14NO2/c1-2-3-8(10)9-4-6-11-7-5-9/h1-7H2. The molecule has 1 saturated heterocycles. The van der Waals surface area contributed by atoms with Gasteiger partial charge in [0.05, 0.1) is 13.2 Å². The lowest BCUT2D eigenvalue weighted by atomic mass is 10.3. The van der Waals surface area contributed by atoms with Crippen LogP contribution in [0.3, 0.4) is 0 Å². The van der Waals surface area contributed by atoms with Crippen molar-refractivity contribution in [2.75, 3.05) is 26.3 Å². The number of carbonyl (C=O) groups excluding carboxylic acids is 1. The van der Waals surface area contributed by atoms with Gasteiger partial charge in [0.1, 0.15) is 0 Å². The van der Waals surface area contributed by atoms with Crippen LogP contribution in [0.15, 0.2) is 0 Å². The fourth-order valence-corrected chi connectivity index (χ4v) is 1.12. The highest BCUT2D eigenvalue weighted by atomic mass is 16.5. The Bertz CT molecular complexity index is 130. The number of hydrogen-bond acceptors (Lipinski definition) is 2. The summed E-state index contributed by atoms with van der Waals surface area (Å²) in [6.45, 7) is 6.51. The first-order valence-corrected chi connectivity index (χ1v) is 3.99. The Morgan fingerprint density at radius 1 is 1.45 bits per heavy atom. The van der Waals surface area contributed by atoms with Crippen molar-refractivity contribution in [2.24, 2.45) is 0 Å². The van der Waals surface area contributed by atoms with E-state index in [1.807, 2.05) is 4.90 Å². The molecule has 3 nitrogen and oxygen atoms in total. The van der Waals surface area contributed by atoms with Crippen molar-refractivity contribution in [3.8, 4) is 0 Å². The average Bonchev–Trinajstić information content (AvgIpc) is 2.07. The molecule has 0 spiro atoms. The highest BCUT2D eigenvalue weighted by Gasteiger charge is 2.14. The van der Waals surface area contributed by atoms with Gasteiger partial charge >= 0.3 is 0 Å². The van der Waals surface area contributed by atoms with Crippen molar-refractivity contribution in [3.05, 3.63) is 6.92 Å². The van der Waals surface area contributed by atoms with Crippen molar-refractivity contribution in [3.63, 3.8) is 0 Å². The monoisotopic (exact) mass is 156 g/mol. The molecule has 3 heteroatoms. The minimum atomic E-state index is 0.211. The molecule has 0 aliphatic carbocycles. The molecule has 0 atom stereocenters. The molecule has 0 saturated carbocycles. The Hall–Kier alpha value is -0.570. The van der Waals surface area contributed by atoms with Gasteiger partial charge in [-0.05, 0) is 6.42 Å². The van der Waals surface area contributed by atoms with E-state index in [0.29, 0.717) is 26.1 Å². The Morgan fingerprint density at radius 3 is 2.64 bits per heavy atom. The molecule has 1 aliphatic heterocycles. The Morgan fingerprint density at radius 2 is 2.09 bits per heavy atom. The van der Waals surface area contributed by atoms with Crippen molar-refractivity contribution in [1.29, 1.82) is 0 Å². The molecule has 0 aromatic heterocycles. The number of carbonyl (C=O) groups is 1. The van der Waals surface area contributed by atoms with Crippen LogP contribution >= 0.6 is 0 Å². The molecule has 63 valence electrons. The smallest absolute Gasteiger partial charge is 0.222 e. The third-order valence-corrected chi connectivity index (χ3v) is 1.75. The van der Waals surface area contributed by atoms with Gasteiger partial charge in [0.15, 0.2) is 0 Å². The van der Waals surface area contributed by atoms with E-state index in [1.54, 1.807) is 0 Å². The van der Waals surface area contributed by atoms with Crippen LogP contribution in [0.4, 0.5) is 0 Å². The average molecular weight is 156 g/mol. The summed E-state index contributed by atoms with van der Waals surface area (Å²) in [4.78, 5) is 13.1. The zero-order chi connectivity index (χ0) is 8.10. The zero-order valence-corrected chi connectivity index (χ0v) is 6.71. The molecule has 11 heavy (non-hydrogen) atoms. The summed E-state index contributed by atoms with van der Waals surface area (Å²) < 4.78 is 5.12. The van der Waals surface area contributed by atoms with E-state index in [0.717, 1.165) is 13.1 Å². The number of ether oxygens (including phenoxy) is 1. The fourth-order valence-electron chi connectivity index (χ4n) is 1.12. The molecule has 1 radical (unpaired) electrons. The van der Waals surface area contributed by atoms with E-state index in [2.05, 4.69) is 6.92 Å². The summed E-state index contributed by atoms with van der Waals surface area (Å²) in [6, 6.07) is 0. The summed E-state index contributed by atoms with van der Waals surface area (Å²) in [5, 5.41) is 0. The molecule has 1 rings (SSSR count). The minimum Gasteiger partial charge on any atom is -0.378 e. The highest BCUT2D eigenvalue weighted by molar-refractivity contribution is 5.76. The maximum Gasteiger partial charge on any atom is 0.222 e. The largest absolute Gasteiger partial charge is 0.378 e.